The number of aryl methyl sites for hydroxylation is 1. The van der Waals surface area contributed by atoms with E-state index in [1.807, 2.05) is 19.9 Å². The summed E-state index contributed by atoms with van der Waals surface area (Å²) >= 11 is 6.08. The summed E-state index contributed by atoms with van der Waals surface area (Å²) in [5.41, 5.74) is 1.77. The maximum atomic E-state index is 12.0. The largest absolute Gasteiger partial charge is 0.489 e. The quantitative estimate of drug-likeness (QED) is 0.697. The van der Waals surface area contributed by atoms with Gasteiger partial charge in [-0.1, -0.05) is 24.6 Å². The lowest BCUT2D eigenvalue weighted by atomic mass is 10.1. The van der Waals surface area contributed by atoms with E-state index in [4.69, 9.17) is 16.3 Å². The predicted octanol–water partition coefficient (Wildman–Crippen LogP) is 2.64. The summed E-state index contributed by atoms with van der Waals surface area (Å²) < 4.78 is 5.62. The summed E-state index contributed by atoms with van der Waals surface area (Å²) in [5.74, 6) is 0.527. The molecule has 2 rings (SSSR count). The number of anilines is 1. The lowest BCUT2D eigenvalue weighted by Crippen LogP contribution is -2.32. The molecular weight excluding hydrogens is 226 g/mol. The Morgan fingerprint density at radius 1 is 1.50 bits per heavy atom. The van der Waals surface area contributed by atoms with Gasteiger partial charge in [0.05, 0.1) is 23.2 Å². The third-order valence-corrected chi connectivity index (χ3v) is 3.15. The molecule has 0 fully saturated rings. The van der Waals surface area contributed by atoms with Gasteiger partial charge in [-0.2, -0.15) is 0 Å². The smallest absolute Gasteiger partial charge is 0.233 e. The van der Waals surface area contributed by atoms with E-state index in [1.165, 1.54) is 0 Å². The van der Waals surface area contributed by atoms with Gasteiger partial charge in [0.2, 0.25) is 5.91 Å². The molecule has 4 heteroatoms. The van der Waals surface area contributed by atoms with E-state index in [2.05, 4.69) is 0 Å². The van der Waals surface area contributed by atoms with Crippen LogP contribution in [0.1, 0.15) is 12.5 Å². The molecule has 86 valence electrons. The van der Waals surface area contributed by atoms with Crippen LogP contribution in [-0.4, -0.2) is 19.6 Å². The number of nitrogens with zero attached hydrogens (tertiary/aromatic N) is 1. The van der Waals surface area contributed by atoms with Crippen LogP contribution in [0.5, 0.6) is 5.75 Å². The number of amides is 1. The van der Waals surface area contributed by atoms with Gasteiger partial charge in [-0.3, -0.25) is 4.79 Å². The van der Waals surface area contributed by atoms with Gasteiger partial charge in [-0.05, 0) is 18.6 Å². The second-order valence-electron chi connectivity index (χ2n) is 4.15. The van der Waals surface area contributed by atoms with E-state index < -0.39 is 0 Å². The minimum atomic E-state index is -0.145. The number of rotatable bonds is 0. The summed E-state index contributed by atoms with van der Waals surface area (Å²) in [6.07, 6.45) is 0. The van der Waals surface area contributed by atoms with E-state index in [0.717, 1.165) is 11.3 Å². The van der Waals surface area contributed by atoms with Gasteiger partial charge < -0.3 is 9.64 Å². The maximum absolute atomic E-state index is 12.0. The molecule has 0 N–H and O–H groups in total. The molecule has 3 nitrogen and oxygen atoms in total. The number of halogens is 1. The molecule has 0 saturated carbocycles. The number of hydrogen-bond acceptors (Lipinski definition) is 2. The number of ether oxygens (including phenoxy) is 1. The normalized spacial score (nSPS) is 20.1. The van der Waals surface area contributed by atoms with Gasteiger partial charge in [0, 0.05) is 7.05 Å². The zero-order chi connectivity index (χ0) is 11.9. The fraction of sp³-hybridized carbons (Fsp3) is 0.417. The highest BCUT2D eigenvalue weighted by Gasteiger charge is 2.28. The van der Waals surface area contributed by atoms with Crippen molar-refractivity contribution in [2.75, 3.05) is 18.6 Å². The van der Waals surface area contributed by atoms with Crippen molar-refractivity contribution in [1.82, 2.24) is 0 Å². The molecule has 16 heavy (non-hydrogen) atoms. The molecule has 1 aromatic rings. The highest BCUT2D eigenvalue weighted by molar-refractivity contribution is 6.32. The van der Waals surface area contributed by atoms with Gasteiger partial charge in [0.25, 0.3) is 0 Å². The average molecular weight is 240 g/mol. The van der Waals surface area contributed by atoms with E-state index >= 15 is 0 Å². The number of carbonyl (C=O) groups is 1. The van der Waals surface area contributed by atoms with Crippen molar-refractivity contribution >= 4 is 23.2 Å². The van der Waals surface area contributed by atoms with Crippen LogP contribution in [-0.2, 0) is 4.79 Å². The Balaban J connectivity index is 2.61. The monoisotopic (exact) mass is 239 g/mol. The number of benzene rings is 1. The van der Waals surface area contributed by atoms with Crippen LogP contribution >= 0.6 is 11.6 Å². The average Bonchev–Trinajstić information content (AvgIpc) is 2.37. The molecule has 1 aliphatic heterocycles. The standard InChI is InChI=1S/C12H14ClNO2/c1-7-4-5-9(13)11-10(7)14(3)12(15)8(2)6-16-11/h4-5,8H,6H2,1-3H3. The molecule has 1 aromatic carbocycles. The van der Waals surface area contributed by atoms with E-state index in [0.29, 0.717) is 17.4 Å². The second-order valence-corrected chi connectivity index (χ2v) is 4.56. The van der Waals surface area contributed by atoms with Crippen molar-refractivity contribution in [2.45, 2.75) is 13.8 Å². The third kappa shape index (κ3) is 1.65. The van der Waals surface area contributed by atoms with Crippen LogP contribution in [0.15, 0.2) is 12.1 Å². The zero-order valence-corrected chi connectivity index (χ0v) is 10.3. The zero-order valence-electron chi connectivity index (χ0n) is 9.58. The summed E-state index contributed by atoms with van der Waals surface area (Å²) in [7, 11) is 1.76. The Hall–Kier alpha value is -1.22. The molecule has 0 bridgehead atoms. The molecule has 0 aliphatic carbocycles. The molecule has 1 heterocycles. The number of fused-ring (bicyclic) bond motifs is 1. The van der Waals surface area contributed by atoms with Crippen molar-refractivity contribution in [1.29, 1.82) is 0 Å². The Kier molecular flexibility index (Phi) is 2.80. The van der Waals surface area contributed by atoms with Crippen molar-refractivity contribution in [3.8, 4) is 5.75 Å². The first-order valence-corrected chi connectivity index (χ1v) is 5.59. The van der Waals surface area contributed by atoms with E-state index in [9.17, 15) is 4.79 Å². The molecule has 0 saturated heterocycles. The van der Waals surface area contributed by atoms with Crippen molar-refractivity contribution < 1.29 is 9.53 Å². The molecule has 0 radical (unpaired) electrons. The molecule has 1 amide bonds. The van der Waals surface area contributed by atoms with Crippen LogP contribution in [0.3, 0.4) is 0 Å². The van der Waals surface area contributed by atoms with Crippen LogP contribution in [0.25, 0.3) is 0 Å². The molecule has 0 aromatic heterocycles. The first-order chi connectivity index (χ1) is 7.52. The second kappa shape index (κ2) is 3.98. The number of carbonyl (C=O) groups excluding carboxylic acids is 1. The first kappa shape index (κ1) is 11.3. The van der Waals surface area contributed by atoms with E-state index in [1.54, 1.807) is 18.0 Å². The Bertz CT molecular complexity index is 445. The Labute approximate surface area is 100.0 Å². The SMILES string of the molecule is Cc1ccc(Cl)c2c1N(C)C(=O)C(C)CO2. The van der Waals surface area contributed by atoms with Crippen molar-refractivity contribution in [3.63, 3.8) is 0 Å². The summed E-state index contributed by atoms with van der Waals surface area (Å²) in [4.78, 5) is 13.6. The molecule has 0 spiro atoms. The number of hydrogen-bond donors (Lipinski definition) is 0. The molecule has 1 unspecified atom stereocenters. The van der Waals surface area contributed by atoms with Crippen LogP contribution in [0.4, 0.5) is 5.69 Å². The molecule has 1 atom stereocenters. The van der Waals surface area contributed by atoms with Crippen LogP contribution < -0.4 is 9.64 Å². The highest BCUT2D eigenvalue weighted by atomic mass is 35.5. The van der Waals surface area contributed by atoms with Crippen LogP contribution in [0, 0.1) is 12.8 Å². The predicted molar refractivity (Wildman–Crippen MR) is 64.3 cm³/mol. The topological polar surface area (TPSA) is 29.5 Å². The van der Waals surface area contributed by atoms with Crippen molar-refractivity contribution in [3.05, 3.63) is 22.7 Å². The van der Waals surface area contributed by atoms with Gasteiger partial charge in [0.15, 0.2) is 5.75 Å². The fourth-order valence-electron chi connectivity index (χ4n) is 1.92. The summed E-state index contributed by atoms with van der Waals surface area (Å²) in [6, 6.07) is 3.69. The minimum Gasteiger partial charge on any atom is -0.489 e. The van der Waals surface area contributed by atoms with Gasteiger partial charge in [-0.15, -0.1) is 0 Å². The first-order valence-electron chi connectivity index (χ1n) is 5.22. The highest BCUT2D eigenvalue weighted by Crippen LogP contribution is 2.40. The lowest BCUT2D eigenvalue weighted by Gasteiger charge is -2.20. The Morgan fingerprint density at radius 2 is 2.19 bits per heavy atom. The maximum Gasteiger partial charge on any atom is 0.233 e. The summed E-state index contributed by atoms with van der Waals surface area (Å²) in [5, 5.41) is 0.550. The molecule has 1 aliphatic rings. The van der Waals surface area contributed by atoms with E-state index in [-0.39, 0.29) is 11.8 Å². The molecular formula is C12H14ClNO2. The van der Waals surface area contributed by atoms with Gasteiger partial charge in [-0.25, -0.2) is 0 Å². The Morgan fingerprint density at radius 3 is 2.88 bits per heavy atom. The lowest BCUT2D eigenvalue weighted by molar-refractivity contribution is -0.122. The fourth-order valence-corrected chi connectivity index (χ4v) is 2.13. The van der Waals surface area contributed by atoms with Crippen LogP contribution in [0.2, 0.25) is 5.02 Å². The summed E-state index contributed by atoms with van der Waals surface area (Å²) in [6.45, 7) is 4.17. The minimum absolute atomic E-state index is 0.0594. The third-order valence-electron chi connectivity index (χ3n) is 2.85. The van der Waals surface area contributed by atoms with Gasteiger partial charge >= 0.3 is 0 Å². The van der Waals surface area contributed by atoms with Crippen molar-refractivity contribution in [2.24, 2.45) is 5.92 Å². The van der Waals surface area contributed by atoms with Gasteiger partial charge in [0.1, 0.15) is 0 Å².